The number of aromatic nitrogens is 3. The molecule has 0 saturated carbocycles. The van der Waals surface area contributed by atoms with Crippen LogP contribution in [0, 0.1) is 0 Å². The molecule has 0 bridgehead atoms. The fraction of sp³-hybridized carbons (Fsp3) is 0.667. The summed E-state index contributed by atoms with van der Waals surface area (Å²) in [6.45, 7) is 8.04. The van der Waals surface area contributed by atoms with Crippen LogP contribution in [0.3, 0.4) is 0 Å². The first-order valence-electron chi connectivity index (χ1n) is 6.76. The lowest BCUT2D eigenvalue weighted by Crippen LogP contribution is -2.31. The van der Waals surface area contributed by atoms with Crippen molar-refractivity contribution in [3.8, 4) is 6.01 Å². The Morgan fingerprint density at radius 3 is 2.55 bits per heavy atom. The third-order valence-corrected chi connectivity index (χ3v) is 2.64. The number of nitrogens with one attached hydrogen (secondary N) is 1. The summed E-state index contributed by atoms with van der Waals surface area (Å²) < 4.78 is 5.17. The fourth-order valence-electron chi connectivity index (χ4n) is 1.66. The first-order valence-corrected chi connectivity index (χ1v) is 6.76. The summed E-state index contributed by atoms with van der Waals surface area (Å²) in [4.78, 5) is 25.4. The second kappa shape index (κ2) is 8.13. The SMILES string of the molecule is CCOc1nc(N)nc(NCCC(=O)N(CC)CC)n1. The normalized spacial score (nSPS) is 10.2. The third kappa shape index (κ3) is 4.87. The molecule has 0 radical (unpaired) electrons. The highest BCUT2D eigenvalue weighted by atomic mass is 16.5. The molecule has 1 aromatic rings. The maximum Gasteiger partial charge on any atom is 0.323 e. The molecular formula is C12H22N6O2. The van der Waals surface area contributed by atoms with Crippen LogP contribution in [-0.4, -0.2) is 52.0 Å². The highest BCUT2D eigenvalue weighted by Crippen LogP contribution is 2.08. The van der Waals surface area contributed by atoms with E-state index in [0.29, 0.717) is 38.6 Å². The molecule has 8 nitrogen and oxygen atoms in total. The number of anilines is 2. The van der Waals surface area contributed by atoms with Crippen molar-refractivity contribution in [3.63, 3.8) is 0 Å². The van der Waals surface area contributed by atoms with Crippen LogP contribution in [0.2, 0.25) is 0 Å². The monoisotopic (exact) mass is 282 g/mol. The van der Waals surface area contributed by atoms with Gasteiger partial charge in [0, 0.05) is 26.1 Å². The Morgan fingerprint density at radius 2 is 1.95 bits per heavy atom. The van der Waals surface area contributed by atoms with E-state index in [1.807, 2.05) is 20.8 Å². The number of rotatable bonds is 8. The summed E-state index contributed by atoms with van der Waals surface area (Å²) in [5.74, 6) is 0.490. The van der Waals surface area contributed by atoms with E-state index in [2.05, 4.69) is 20.3 Å². The quantitative estimate of drug-likeness (QED) is 0.716. The van der Waals surface area contributed by atoms with Gasteiger partial charge in [-0.3, -0.25) is 4.79 Å². The second-order valence-electron chi connectivity index (χ2n) is 3.98. The number of nitrogens with two attached hydrogens (primary N) is 1. The van der Waals surface area contributed by atoms with Crippen molar-refractivity contribution in [1.29, 1.82) is 0 Å². The maximum absolute atomic E-state index is 11.8. The predicted molar refractivity (Wildman–Crippen MR) is 76.4 cm³/mol. The molecule has 20 heavy (non-hydrogen) atoms. The Bertz CT molecular complexity index is 436. The number of carbonyl (C=O) groups is 1. The molecule has 8 heteroatoms. The van der Waals surface area contributed by atoms with Crippen molar-refractivity contribution in [2.45, 2.75) is 27.2 Å². The van der Waals surface area contributed by atoms with Crippen LogP contribution in [0.5, 0.6) is 6.01 Å². The maximum atomic E-state index is 11.8. The summed E-state index contributed by atoms with van der Waals surface area (Å²) in [5, 5.41) is 2.95. The molecule has 3 N–H and O–H groups in total. The van der Waals surface area contributed by atoms with Crippen molar-refractivity contribution >= 4 is 17.8 Å². The van der Waals surface area contributed by atoms with Crippen LogP contribution in [0.25, 0.3) is 0 Å². The Labute approximate surface area is 118 Å². The lowest BCUT2D eigenvalue weighted by Gasteiger charge is -2.18. The Balaban J connectivity index is 2.51. The smallest absolute Gasteiger partial charge is 0.323 e. The molecule has 0 spiro atoms. The number of hydrogen-bond donors (Lipinski definition) is 2. The van der Waals surface area contributed by atoms with Crippen LogP contribution in [0.4, 0.5) is 11.9 Å². The van der Waals surface area contributed by atoms with Crippen molar-refractivity contribution < 1.29 is 9.53 Å². The average Bonchev–Trinajstić information content (AvgIpc) is 2.40. The highest BCUT2D eigenvalue weighted by molar-refractivity contribution is 5.76. The van der Waals surface area contributed by atoms with E-state index >= 15 is 0 Å². The molecule has 1 aromatic heterocycles. The zero-order chi connectivity index (χ0) is 15.0. The van der Waals surface area contributed by atoms with E-state index in [4.69, 9.17) is 10.5 Å². The van der Waals surface area contributed by atoms with Gasteiger partial charge < -0.3 is 20.7 Å². The molecule has 0 unspecified atom stereocenters. The third-order valence-electron chi connectivity index (χ3n) is 2.64. The van der Waals surface area contributed by atoms with Gasteiger partial charge in [0.15, 0.2) is 0 Å². The average molecular weight is 282 g/mol. The van der Waals surface area contributed by atoms with Gasteiger partial charge in [-0.15, -0.1) is 0 Å². The van der Waals surface area contributed by atoms with Crippen molar-refractivity contribution in [2.75, 3.05) is 37.3 Å². The summed E-state index contributed by atoms with van der Waals surface area (Å²) in [5.41, 5.74) is 5.56. The predicted octanol–water partition coefficient (Wildman–Crippen LogP) is 0.523. The minimum atomic E-state index is 0.0843. The molecule has 0 aliphatic carbocycles. The van der Waals surface area contributed by atoms with Gasteiger partial charge in [-0.05, 0) is 20.8 Å². The Hall–Kier alpha value is -2.12. The number of carbonyl (C=O) groups excluding carboxylic acids is 1. The van der Waals surface area contributed by atoms with Crippen LogP contribution in [0.15, 0.2) is 0 Å². The molecule has 0 saturated heterocycles. The summed E-state index contributed by atoms with van der Waals surface area (Å²) in [6.07, 6.45) is 0.372. The standard InChI is InChI=1S/C12H22N6O2/c1-4-18(5-2)9(19)7-8-14-11-15-10(13)16-12(17-11)20-6-3/h4-8H2,1-3H3,(H3,13,14,15,16,17). The number of hydrogen-bond acceptors (Lipinski definition) is 7. The van der Waals surface area contributed by atoms with Gasteiger partial charge in [-0.25, -0.2) is 0 Å². The second-order valence-corrected chi connectivity index (χ2v) is 3.98. The zero-order valence-corrected chi connectivity index (χ0v) is 12.2. The van der Waals surface area contributed by atoms with E-state index in [0.717, 1.165) is 0 Å². The Morgan fingerprint density at radius 1 is 1.25 bits per heavy atom. The molecular weight excluding hydrogens is 260 g/mol. The van der Waals surface area contributed by atoms with E-state index in [9.17, 15) is 4.79 Å². The van der Waals surface area contributed by atoms with Crippen molar-refractivity contribution in [2.24, 2.45) is 0 Å². The van der Waals surface area contributed by atoms with Crippen molar-refractivity contribution in [3.05, 3.63) is 0 Å². The topological polar surface area (TPSA) is 106 Å². The summed E-state index contributed by atoms with van der Waals surface area (Å²) in [6, 6.07) is 0.178. The molecule has 0 atom stereocenters. The number of nitrogen functional groups attached to an aromatic ring is 1. The van der Waals surface area contributed by atoms with Gasteiger partial charge in [0.2, 0.25) is 17.8 Å². The van der Waals surface area contributed by atoms with Crippen LogP contribution < -0.4 is 15.8 Å². The van der Waals surface area contributed by atoms with Gasteiger partial charge in [0.05, 0.1) is 6.61 Å². The first kappa shape index (κ1) is 15.9. The van der Waals surface area contributed by atoms with Gasteiger partial charge in [0.1, 0.15) is 0 Å². The molecule has 112 valence electrons. The fourth-order valence-corrected chi connectivity index (χ4v) is 1.66. The number of ether oxygens (including phenoxy) is 1. The minimum Gasteiger partial charge on any atom is -0.464 e. The largest absolute Gasteiger partial charge is 0.464 e. The van der Waals surface area contributed by atoms with E-state index in [1.54, 1.807) is 4.90 Å². The molecule has 1 amide bonds. The molecule has 1 heterocycles. The van der Waals surface area contributed by atoms with E-state index < -0.39 is 0 Å². The minimum absolute atomic E-state index is 0.0843. The van der Waals surface area contributed by atoms with Gasteiger partial charge in [-0.2, -0.15) is 15.0 Å². The van der Waals surface area contributed by atoms with Crippen molar-refractivity contribution in [1.82, 2.24) is 19.9 Å². The molecule has 0 fully saturated rings. The molecule has 0 aromatic carbocycles. The van der Waals surface area contributed by atoms with E-state index in [1.165, 1.54) is 0 Å². The summed E-state index contributed by atoms with van der Waals surface area (Å²) in [7, 11) is 0. The van der Waals surface area contributed by atoms with E-state index in [-0.39, 0.29) is 17.9 Å². The summed E-state index contributed by atoms with van der Waals surface area (Å²) >= 11 is 0. The molecule has 0 aliphatic rings. The lowest BCUT2D eigenvalue weighted by molar-refractivity contribution is -0.130. The molecule has 0 aliphatic heterocycles. The number of nitrogens with zero attached hydrogens (tertiary/aromatic N) is 4. The molecule has 1 rings (SSSR count). The van der Waals surface area contributed by atoms with Crippen LogP contribution in [-0.2, 0) is 4.79 Å². The highest BCUT2D eigenvalue weighted by Gasteiger charge is 2.10. The first-order chi connectivity index (χ1) is 9.60. The Kier molecular flexibility index (Phi) is 6.48. The number of amides is 1. The van der Waals surface area contributed by atoms with Gasteiger partial charge in [-0.1, -0.05) is 0 Å². The van der Waals surface area contributed by atoms with Crippen LogP contribution in [0.1, 0.15) is 27.2 Å². The zero-order valence-electron chi connectivity index (χ0n) is 12.2. The van der Waals surface area contributed by atoms with Gasteiger partial charge >= 0.3 is 6.01 Å². The van der Waals surface area contributed by atoms with Crippen LogP contribution >= 0.6 is 0 Å². The lowest BCUT2D eigenvalue weighted by atomic mass is 10.3. The van der Waals surface area contributed by atoms with Gasteiger partial charge in [0.25, 0.3) is 0 Å².